The quantitative estimate of drug-likeness (QED) is 0.532. The summed E-state index contributed by atoms with van der Waals surface area (Å²) in [6.45, 7) is 5.87. The van der Waals surface area contributed by atoms with E-state index in [0.29, 0.717) is 17.4 Å². The molecule has 1 atom stereocenters. The van der Waals surface area contributed by atoms with Crippen LogP contribution in [0.25, 0.3) is 0 Å². The Hall–Kier alpha value is -2.82. The third-order valence-corrected chi connectivity index (χ3v) is 6.88. The molecule has 0 fully saturated rings. The Balaban J connectivity index is 1.62. The third-order valence-electron chi connectivity index (χ3n) is 6.88. The minimum atomic E-state index is -0.613. The van der Waals surface area contributed by atoms with Crippen molar-refractivity contribution in [1.82, 2.24) is 4.90 Å². The summed E-state index contributed by atoms with van der Waals surface area (Å²) in [4.78, 5) is 2.39. The first-order valence-corrected chi connectivity index (χ1v) is 11.2. The number of nitrogens with zero attached hydrogens (tertiary/aromatic N) is 1. The number of ether oxygens (including phenoxy) is 2. The molecule has 0 aliphatic carbocycles. The van der Waals surface area contributed by atoms with Crippen LogP contribution in [0.3, 0.4) is 0 Å². The molecule has 1 heterocycles. The summed E-state index contributed by atoms with van der Waals surface area (Å²) in [6, 6.07) is 25.3. The fraction of sp³-hybridized carbons (Fsp3) is 0.357. The van der Waals surface area contributed by atoms with Crippen LogP contribution in [0, 0.1) is 0 Å². The predicted molar refractivity (Wildman–Crippen MR) is 128 cm³/mol. The Labute approximate surface area is 191 Å². The normalized spacial score (nSPS) is 17.8. The van der Waals surface area contributed by atoms with Crippen molar-refractivity contribution in [3.05, 3.63) is 95.1 Å². The Morgan fingerprint density at radius 3 is 1.97 bits per heavy atom. The fourth-order valence-corrected chi connectivity index (χ4v) is 4.84. The van der Waals surface area contributed by atoms with Gasteiger partial charge >= 0.3 is 0 Å². The molecule has 3 aromatic carbocycles. The summed E-state index contributed by atoms with van der Waals surface area (Å²) in [5, 5.41) is 11.3. The second-order valence-corrected chi connectivity index (χ2v) is 9.05. The predicted octanol–water partition coefficient (Wildman–Crippen LogP) is 5.55. The van der Waals surface area contributed by atoms with Crippen molar-refractivity contribution < 1.29 is 14.6 Å². The standard InChI is InChI=1S/C28H33NO3/c1-28(2)27(30)24-18-26(32-4)25(31-3)17-22(24)19-29(28)16-15-23(20-11-7-5-8-12-20)21-13-9-6-10-14-21/h5-14,17-18,23,27,30H,15-16,19H2,1-4H3/t27-/m1/s1. The fourth-order valence-electron chi connectivity index (χ4n) is 4.84. The second kappa shape index (κ2) is 9.35. The number of aliphatic hydroxyl groups is 1. The number of methoxy groups -OCH3 is 2. The lowest BCUT2D eigenvalue weighted by atomic mass is 9.81. The molecule has 1 N–H and O–H groups in total. The first-order valence-electron chi connectivity index (χ1n) is 11.2. The maximum atomic E-state index is 11.3. The summed E-state index contributed by atoms with van der Waals surface area (Å²) in [7, 11) is 3.28. The molecule has 0 radical (unpaired) electrons. The number of fused-ring (bicyclic) bond motifs is 1. The van der Waals surface area contributed by atoms with Crippen LogP contribution in [0.15, 0.2) is 72.8 Å². The average molecular weight is 432 g/mol. The van der Waals surface area contributed by atoms with Crippen molar-refractivity contribution in [3.8, 4) is 11.5 Å². The Morgan fingerprint density at radius 2 is 1.44 bits per heavy atom. The molecule has 0 amide bonds. The van der Waals surface area contributed by atoms with Crippen LogP contribution in [0.1, 0.15) is 54.5 Å². The Kier molecular flexibility index (Phi) is 6.54. The van der Waals surface area contributed by atoms with E-state index in [2.05, 4.69) is 79.4 Å². The van der Waals surface area contributed by atoms with Gasteiger partial charge in [-0.25, -0.2) is 0 Å². The summed E-state index contributed by atoms with van der Waals surface area (Å²) in [6.07, 6.45) is 0.352. The van der Waals surface area contributed by atoms with Crippen molar-refractivity contribution >= 4 is 0 Å². The van der Waals surface area contributed by atoms with Gasteiger partial charge in [0.2, 0.25) is 0 Å². The van der Waals surface area contributed by atoms with Crippen LogP contribution < -0.4 is 9.47 Å². The molecule has 3 aromatic rings. The van der Waals surface area contributed by atoms with Crippen LogP contribution in [0.5, 0.6) is 11.5 Å². The molecule has 0 unspecified atom stereocenters. The molecule has 0 aromatic heterocycles. The van der Waals surface area contributed by atoms with Gasteiger partial charge in [-0.2, -0.15) is 0 Å². The van der Waals surface area contributed by atoms with Gasteiger partial charge in [0, 0.05) is 24.5 Å². The first kappa shape index (κ1) is 22.4. The van der Waals surface area contributed by atoms with E-state index in [-0.39, 0.29) is 0 Å². The molecule has 4 heteroatoms. The lowest BCUT2D eigenvalue weighted by Gasteiger charge is -2.47. The zero-order chi connectivity index (χ0) is 22.7. The molecule has 0 saturated heterocycles. The highest BCUT2D eigenvalue weighted by atomic mass is 16.5. The van der Waals surface area contributed by atoms with E-state index in [1.807, 2.05) is 12.1 Å². The van der Waals surface area contributed by atoms with Crippen molar-refractivity contribution in [2.45, 2.75) is 44.4 Å². The highest BCUT2D eigenvalue weighted by molar-refractivity contribution is 5.50. The maximum Gasteiger partial charge on any atom is 0.161 e. The van der Waals surface area contributed by atoms with Crippen LogP contribution in [0.2, 0.25) is 0 Å². The summed E-state index contributed by atoms with van der Waals surface area (Å²) in [5.41, 5.74) is 4.25. The topological polar surface area (TPSA) is 41.9 Å². The van der Waals surface area contributed by atoms with E-state index < -0.39 is 11.6 Å². The molecule has 1 aliphatic rings. The van der Waals surface area contributed by atoms with Crippen LogP contribution in [-0.2, 0) is 6.54 Å². The first-order chi connectivity index (χ1) is 15.5. The van der Waals surface area contributed by atoms with E-state index in [1.54, 1.807) is 14.2 Å². The van der Waals surface area contributed by atoms with E-state index in [9.17, 15) is 5.11 Å². The van der Waals surface area contributed by atoms with Gasteiger partial charge in [0.05, 0.1) is 20.3 Å². The lowest BCUT2D eigenvalue weighted by Crippen LogP contribution is -2.51. The second-order valence-electron chi connectivity index (χ2n) is 9.05. The summed E-state index contributed by atoms with van der Waals surface area (Å²) >= 11 is 0. The lowest BCUT2D eigenvalue weighted by molar-refractivity contribution is -0.0318. The molecular weight excluding hydrogens is 398 g/mol. The number of benzene rings is 3. The van der Waals surface area contributed by atoms with Gasteiger partial charge in [-0.3, -0.25) is 4.90 Å². The molecule has 0 spiro atoms. The van der Waals surface area contributed by atoms with Crippen molar-refractivity contribution in [3.63, 3.8) is 0 Å². The summed E-state index contributed by atoms with van der Waals surface area (Å²) in [5.74, 6) is 1.66. The molecule has 168 valence electrons. The average Bonchev–Trinajstić information content (AvgIpc) is 2.83. The smallest absolute Gasteiger partial charge is 0.161 e. The molecule has 0 bridgehead atoms. The number of hydrogen-bond donors (Lipinski definition) is 1. The Morgan fingerprint density at radius 1 is 0.906 bits per heavy atom. The molecule has 4 nitrogen and oxygen atoms in total. The zero-order valence-corrected chi connectivity index (χ0v) is 19.4. The van der Waals surface area contributed by atoms with Gasteiger partial charge in [-0.15, -0.1) is 0 Å². The highest BCUT2D eigenvalue weighted by Crippen LogP contribution is 2.44. The third kappa shape index (κ3) is 4.25. The van der Waals surface area contributed by atoms with Crippen LogP contribution >= 0.6 is 0 Å². The van der Waals surface area contributed by atoms with Gasteiger partial charge in [0.25, 0.3) is 0 Å². The van der Waals surface area contributed by atoms with Gasteiger partial charge in [0.15, 0.2) is 11.5 Å². The number of aliphatic hydroxyl groups excluding tert-OH is 1. The molecule has 0 saturated carbocycles. The minimum absolute atomic E-state index is 0.303. The Bertz CT molecular complexity index is 994. The van der Waals surface area contributed by atoms with E-state index >= 15 is 0 Å². The molecule has 4 rings (SSSR count). The van der Waals surface area contributed by atoms with Crippen molar-refractivity contribution in [1.29, 1.82) is 0 Å². The van der Waals surface area contributed by atoms with Gasteiger partial charge in [0.1, 0.15) is 0 Å². The molecular formula is C28H33NO3. The van der Waals surface area contributed by atoms with Gasteiger partial charge in [-0.05, 0) is 54.7 Å². The SMILES string of the molecule is COc1cc2c(cc1OC)[C@@H](O)C(C)(C)N(CCC(c1ccccc1)c1ccccc1)C2. The minimum Gasteiger partial charge on any atom is -0.493 e. The molecule has 1 aliphatic heterocycles. The van der Waals surface area contributed by atoms with Gasteiger partial charge < -0.3 is 14.6 Å². The van der Waals surface area contributed by atoms with Crippen LogP contribution in [-0.4, -0.2) is 36.3 Å². The largest absolute Gasteiger partial charge is 0.493 e. The number of rotatable bonds is 7. The zero-order valence-electron chi connectivity index (χ0n) is 19.4. The van der Waals surface area contributed by atoms with E-state index in [1.165, 1.54) is 11.1 Å². The van der Waals surface area contributed by atoms with Crippen molar-refractivity contribution in [2.75, 3.05) is 20.8 Å². The van der Waals surface area contributed by atoms with E-state index in [0.717, 1.165) is 30.6 Å². The number of hydrogen-bond acceptors (Lipinski definition) is 4. The van der Waals surface area contributed by atoms with Crippen LogP contribution in [0.4, 0.5) is 0 Å². The maximum absolute atomic E-state index is 11.3. The molecule has 32 heavy (non-hydrogen) atoms. The van der Waals surface area contributed by atoms with E-state index in [4.69, 9.17) is 9.47 Å². The van der Waals surface area contributed by atoms with Crippen molar-refractivity contribution in [2.24, 2.45) is 0 Å². The van der Waals surface area contributed by atoms with Gasteiger partial charge in [-0.1, -0.05) is 60.7 Å². The summed E-state index contributed by atoms with van der Waals surface area (Å²) < 4.78 is 11.0. The monoisotopic (exact) mass is 431 g/mol. The highest BCUT2D eigenvalue weighted by Gasteiger charge is 2.41.